The number of unbranched alkanes of at least 4 members (excludes halogenated alkanes) is 6. The number of nitrogens with two attached hydrogens (primary N) is 1. The molecule has 0 spiro atoms. The molecule has 0 aromatic heterocycles. The lowest BCUT2D eigenvalue weighted by molar-refractivity contribution is -0.121. The van der Waals surface area contributed by atoms with Gasteiger partial charge in [0.2, 0.25) is 5.91 Å². The van der Waals surface area contributed by atoms with Gasteiger partial charge >= 0.3 is 0 Å². The zero-order valence-corrected chi connectivity index (χ0v) is 12.7. The van der Waals surface area contributed by atoms with Gasteiger partial charge in [-0.3, -0.25) is 4.79 Å². The van der Waals surface area contributed by atoms with Crippen LogP contribution in [0.4, 0.5) is 5.69 Å². The van der Waals surface area contributed by atoms with Crippen LogP contribution in [0, 0.1) is 0 Å². The molecule has 0 atom stereocenters. The predicted molar refractivity (Wildman–Crippen MR) is 85.3 cm³/mol. The highest BCUT2D eigenvalue weighted by atomic mass is 16.1. The molecule has 0 aliphatic rings. The van der Waals surface area contributed by atoms with Gasteiger partial charge in [-0.05, 0) is 18.1 Å². The normalized spacial score (nSPS) is 10.4. The maximum Gasteiger partial charge on any atom is 0.220 e. The van der Waals surface area contributed by atoms with Gasteiger partial charge in [-0.15, -0.1) is 0 Å². The number of nitrogen functional groups attached to an aromatic ring is 1. The highest BCUT2D eigenvalue weighted by Crippen LogP contribution is 2.10. The zero-order valence-electron chi connectivity index (χ0n) is 12.7. The zero-order chi connectivity index (χ0) is 14.6. The number of rotatable bonds is 10. The Morgan fingerprint density at radius 1 is 1.05 bits per heavy atom. The quantitative estimate of drug-likeness (QED) is 0.501. The standard InChI is InChI=1S/C17H28N2O/c1-2-3-4-5-6-7-8-13-17(20)19-14-15-11-9-10-12-16(15)18/h9-12H,2-8,13-14,18H2,1H3,(H,19,20). The van der Waals surface area contributed by atoms with Crippen molar-refractivity contribution < 1.29 is 4.79 Å². The topological polar surface area (TPSA) is 55.1 Å². The number of hydrogen-bond acceptors (Lipinski definition) is 2. The van der Waals surface area contributed by atoms with Crippen molar-refractivity contribution in [3.8, 4) is 0 Å². The summed E-state index contributed by atoms with van der Waals surface area (Å²) in [5.41, 5.74) is 7.56. The van der Waals surface area contributed by atoms with E-state index in [1.165, 1.54) is 32.1 Å². The second-order valence-corrected chi connectivity index (χ2v) is 5.35. The predicted octanol–water partition coefficient (Wildman–Crippen LogP) is 4.03. The summed E-state index contributed by atoms with van der Waals surface area (Å²) in [6.45, 7) is 2.76. The summed E-state index contributed by atoms with van der Waals surface area (Å²) in [5, 5.41) is 2.93. The lowest BCUT2D eigenvalue weighted by Crippen LogP contribution is -2.22. The first-order valence-corrected chi connectivity index (χ1v) is 7.84. The second-order valence-electron chi connectivity index (χ2n) is 5.35. The number of nitrogens with one attached hydrogen (secondary N) is 1. The third-order valence-electron chi connectivity index (χ3n) is 3.54. The van der Waals surface area contributed by atoms with Crippen molar-refractivity contribution in [2.24, 2.45) is 0 Å². The molecule has 0 fully saturated rings. The van der Waals surface area contributed by atoms with E-state index in [0.717, 1.165) is 24.1 Å². The van der Waals surface area contributed by atoms with Crippen LogP contribution in [0.15, 0.2) is 24.3 Å². The molecule has 112 valence electrons. The van der Waals surface area contributed by atoms with E-state index in [0.29, 0.717) is 13.0 Å². The molecule has 3 heteroatoms. The van der Waals surface area contributed by atoms with Gasteiger partial charge in [0.25, 0.3) is 0 Å². The molecule has 20 heavy (non-hydrogen) atoms. The molecule has 0 saturated heterocycles. The molecular weight excluding hydrogens is 248 g/mol. The SMILES string of the molecule is CCCCCCCCCC(=O)NCc1ccccc1N. The number of hydrogen-bond donors (Lipinski definition) is 2. The van der Waals surface area contributed by atoms with E-state index in [1.54, 1.807) is 0 Å². The monoisotopic (exact) mass is 276 g/mol. The summed E-state index contributed by atoms with van der Waals surface area (Å²) >= 11 is 0. The first-order chi connectivity index (χ1) is 9.74. The van der Waals surface area contributed by atoms with Gasteiger partial charge < -0.3 is 11.1 Å². The van der Waals surface area contributed by atoms with Crippen LogP contribution in [0.2, 0.25) is 0 Å². The number of amides is 1. The fourth-order valence-electron chi connectivity index (χ4n) is 2.22. The van der Waals surface area contributed by atoms with E-state index in [9.17, 15) is 4.79 Å². The third-order valence-corrected chi connectivity index (χ3v) is 3.54. The van der Waals surface area contributed by atoms with Crippen LogP contribution in [0.3, 0.4) is 0 Å². The van der Waals surface area contributed by atoms with Crippen LogP contribution < -0.4 is 11.1 Å². The Morgan fingerprint density at radius 2 is 1.70 bits per heavy atom. The molecule has 0 radical (unpaired) electrons. The van der Waals surface area contributed by atoms with Crippen molar-refractivity contribution in [1.29, 1.82) is 0 Å². The molecule has 0 heterocycles. The highest BCUT2D eigenvalue weighted by molar-refractivity contribution is 5.76. The average Bonchev–Trinajstić information content (AvgIpc) is 2.45. The Balaban J connectivity index is 2.05. The fourth-order valence-corrected chi connectivity index (χ4v) is 2.22. The van der Waals surface area contributed by atoms with Gasteiger partial charge in [0.05, 0.1) is 0 Å². The maximum absolute atomic E-state index is 11.7. The summed E-state index contributed by atoms with van der Waals surface area (Å²) in [6, 6.07) is 7.65. The van der Waals surface area contributed by atoms with Crippen LogP contribution in [0.25, 0.3) is 0 Å². The second kappa shape index (κ2) is 10.3. The Hall–Kier alpha value is -1.51. The molecule has 1 aromatic carbocycles. The molecule has 3 nitrogen and oxygen atoms in total. The van der Waals surface area contributed by atoms with Gasteiger partial charge in [0, 0.05) is 18.7 Å². The van der Waals surface area contributed by atoms with Crippen molar-refractivity contribution in [1.82, 2.24) is 5.32 Å². The maximum atomic E-state index is 11.7. The molecule has 0 bridgehead atoms. The van der Waals surface area contributed by atoms with Crippen molar-refractivity contribution in [3.05, 3.63) is 29.8 Å². The van der Waals surface area contributed by atoms with Crippen LogP contribution in [-0.4, -0.2) is 5.91 Å². The van der Waals surface area contributed by atoms with Gasteiger partial charge in [-0.1, -0.05) is 63.6 Å². The summed E-state index contributed by atoms with van der Waals surface area (Å²) in [6.07, 6.45) is 9.27. The molecule has 1 rings (SSSR count). The number of benzene rings is 1. The number of para-hydroxylation sites is 1. The molecule has 0 unspecified atom stereocenters. The van der Waals surface area contributed by atoms with Crippen LogP contribution in [0.5, 0.6) is 0 Å². The first kappa shape index (κ1) is 16.5. The highest BCUT2D eigenvalue weighted by Gasteiger charge is 2.03. The average molecular weight is 276 g/mol. The minimum absolute atomic E-state index is 0.127. The van der Waals surface area contributed by atoms with Crippen molar-refractivity contribution in [2.45, 2.75) is 64.8 Å². The number of carbonyl (C=O) groups is 1. The smallest absolute Gasteiger partial charge is 0.220 e. The molecular formula is C17H28N2O. The molecule has 0 aliphatic heterocycles. The number of anilines is 1. The van der Waals surface area contributed by atoms with Gasteiger partial charge in [0.15, 0.2) is 0 Å². The van der Waals surface area contributed by atoms with Crippen molar-refractivity contribution in [2.75, 3.05) is 5.73 Å². The Kier molecular flexibility index (Phi) is 8.52. The molecule has 0 saturated carbocycles. The van der Waals surface area contributed by atoms with Gasteiger partial charge in [-0.2, -0.15) is 0 Å². The van der Waals surface area contributed by atoms with E-state index in [-0.39, 0.29) is 5.91 Å². The van der Waals surface area contributed by atoms with E-state index in [2.05, 4.69) is 12.2 Å². The largest absolute Gasteiger partial charge is 0.398 e. The minimum atomic E-state index is 0.127. The summed E-state index contributed by atoms with van der Waals surface area (Å²) < 4.78 is 0. The van der Waals surface area contributed by atoms with Crippen LogP contribution in [-0.2, 0) is 11.3 Å². The Morgan fingerprint density at radius 3 is 2.40 bits per heavy atom. The van der Waals surface area contributed by atoms with Gasteiger partial charge in [0.1, 0.15) is 0 Å². The van der Waals surface area contributed by atoms with Crippen molar-refractivity contribution in [3.63, 3.8) is 0 Å². The molecule has 1 aromatic rings. The number of carbonyl (C=O) groups excluding carboxylic acids is 1. The summed E-state index contributed by atoms with van der Waals surface area (Å²) in [5.74, 6) is 0.127. The summed E-state index contributed by atoms with van der Waals surface area (Å²) in [4.78, 5) is 11.7. The molecule has 0 aliphatic carbocycles. The lowest BCUT2D eigenvalue weighted by Gasteiger charge is -2.07. The molecule has 1 amide bonds. The van der Waals surface area contributed by atoms with Crippen LogP contribution in [0.1, 0.15) is 63.9 Å². The summed E-state index contributed by atoms with van der Waals surface area (Å²) in [7, 11) is 0. The Labute approximate surface area is 122 Å². The lowest BCUT2D eigenvalue weighted by atomic mass is 10.1. The molecule has 3 N–H and O–H groups in total. The van der Waals surface area contributed by atoms with E-state index in [1.807, 2.05) is 24.3 Å². The first-order valence-electron chi connectivity index (χ1n) is 7.84. The van der Waals surface area contributed by atoms with Gasteiger partial charge in [-0.25, -0.2) is 0 Å². The minimum Gasteiger partial charge on any atom is -0.398 e. The van der Waals surface area contributed by atoms with E-state index < -0.39 is 0 Å². The Bertz CT molecular complexity index is 390. The van der Waals surface area contributed by atoms with E-state index >= 15 is 0 Å². The van der Waals surface area contributed by atoms with E-state index in [4.69, 9.17) is 5.73 Å². The van der Waals surface area contributed by atoms with Crippen LogP contribution >= 0.6 is 0 Å². The fraction of sp³-hybridized carbons (Fsp3) is 0.588. The third kappa shape index (κ3) is 7.17. The van der Waals surface area contributed by atoms with Crippen molar-refractivity contribution >= 4 is 11.6 Å².